The van der Waals surface area contributed by atoms with Gasteiger partial charge in [-0.3, -0.25) is 0 Å². The van der Waals surface area contributed by atoms with Gasteiger partial charge in [-0.25, -0.2) is 9.97 Å². The van der Waals surface area contributed by atoms with Crippen LogP contribution >= 0.6 is 0 Å². The van der Waals surface area contributed by atoms with Crippen molar-refractivity contribution in [2.75, 3.05) is 13.2 Å². The zero-order chi connectivity index (χ0) is 11.9. The molecule has 17 heavy (non-hydrogen) atoms. The van der Waals surface area contributed by atoms with Crippen molar-refractivity contribution in [1.29, 1.82) is 0 Å². The van der Waals surface area contributed by atoms with Crippen LogP contribution in [0.4, 0.5) is 0 Å². The largest absolute Gasteiger partial charge is 0.372 e. The van der Waals surface area contributed by atoms with Crippen molar-refractivity contribution in [3.05, 3.63) is 24.3 Å². The Labute approximate surface area is 102 Å². The van der Waals surface area contributed by atoms with Crippen LogP contribution in [0.15, 0.2) is 18.7 Å². The molecule has 1 aliphatic heterocycles. The molecular formula is C13H19N3O. The summed E-state index contributed by atoms with van der Waals surface area (Å²) in [6.45, 7) is 6.31. The lowest BCUT2D eigenvalue weighted by Gasteiger charge is -2.58. The summed E-state index contributed by atoms with van der Waals surface area (Å²) in [5.74, 6) is 0. The van der Waals surface area contributed by atoms with Crippen LogP contribution in [-0.4, -0.2) is 28.7 Å². The fraction of sp³-hybridized carbons (Fsp3) is 0.692. The Morgan fingerprint density at radius 2 is 2.00 bits per heavy atom. The van der Waals surface area contributed by atoms with Crippen LogP contribution in [0, 0.1) is 5.41 Å². The minimum Gasteiger partial charge on any atom is -0.372 e. The molecule has 1 spiro atoms. The summed E-state index contributed by atoms with van der Waals surface area (Å²) in [4.78, 5) is 8.23. The zero-order valence-electron chi connectivity index (χ0n) is 10.4. The predicted molar refractivity (Wildman–Crippen MR) is 64.5 cm³/mol. The number of hydrogen-bond acceptors (Lipinski definition) is 4. The van der Waals surface area contributed by atoms with Crippen molar-refractivity contribution in [2.45, 2.75) is 38.3 Å². The van der Waals surface area contributed by atoms with Crippen LogP contribution in [0.3, 0.4) is 0 Å². The van der Waals surface area contributed by atoms with Crippen molar-refractivity contribution >= 4 is 0 Å². The molecule has 0 radical (unpaired) electrons. The van der Waals surface area contributed by atoms with E-state index in [4.69, 9.17) is 4.74 Å². The van der Waals surface area contributed by atoms with Crippen molar-refractivity contribution in [2.24, 2.45) is 5.41 Å². The van der Waals surface area contributed by atoms with Gasteiger partial charge in [0, 0.05) is 24.5 Å². The van der Waals surface area contributed by atoms with Crippen LogP contribution < -0.4 is 5.32 Å². The number of ether oxygens (including phenoxy) is 1. The summed E-state index contributed by atoms with van der Waals surface area (Å²) in [5.41, 5.74) is 1.50. The molecule has 3 rings (SSSR count). The molecule has 1 aromatic rings. The minimum absolute atomic E-state index is 0.0353. The zero-order valence-corrected chi connectivity index (χ0v) is 10.4. The summed E-state index contributed by atoms with van der Waals surface area (Å²) in [6.07, 6.45) is 7.57. The number of morpholine rings is 1. The summed E-state index contributed by atoms with van der Waals surface area (Å²) in [6, 6.07) is 0.241. The van der Waals surface area contributed by atoms with Crippen molar-refractivity contribution in [3.63, 3.8) is 0 Å². The summed E-state index contributed by atoms with van der Waals surface area (Å²) in [5, 5.41) is 3.56. The van der Waals surface area contributed by atoms with Gasteiger partial charge in [0.2, 0.25) is 0 Å². The number of hydrogen-bond donors (Lipinski definition) is 1. The lowest BCUT2D eigenvalue weighted by molar-refractivity contribution is -0.195. The van der Waals surface area contributed by atoms with E-state index >= 15 is 0 Å². The topological polar surface area (TPSA) is 47.0 Å². The molecule has 4 nitrogen and oxygen atoms in total. The lowest BCUT2D eigenvalue weighted by atomic mass is 9.57. The van der Waals surface area contributed by atoms with E-state index in [9.17, 15) is 0 Å². The van der Waals surface area contributed by atoms with Gasteiger partial charge in [-0.1, -0.05) is 13.8 Å². The lowest BCUT2D eigenvalue weighted by Crippen LogP contribution is -2.61. The van der Waals surface area contributed by atoms with E-state index in [0.29, 0.717) is 5.41 Å². The molecule has 1 N–H and O–H groups in total. The molecule has 2 aliphatic rings. The van der Waals surface area contributed by atoms with Gasteiger partial charge < -0.3 is 10.1 Å². The average molecular weight is 233 g/mol. The Hall–Kier alpha value is -1.00. The molecular weight excluding hydrogens is 214 g/mol. The van der Waals surface area contributed by atoms with Crippen molar-refractivity contribution in [3.8, 4) is 0 Å². The normalized spacial score (nSPS) is 29.9. The smallest absolute Gasteiger partial charge is 0.115 e. The second-order valence-electron chi connectivity index (χ2n) is 5.99. The first-order chi connectivity index (χ1) is 8.11. The Morgan fingerprint density at radius 3 is 2.65 bits per heavy atom. The van der Waals surface area contributed by atoms with Crippen LogP contribution in [0.2, 0.25) is 0 Å². The maximum atomic E-state index is 6.09. The van der Waals surface area contributed by atoms with Crippen molar-refractivity contribution in [1.82, 2.24) is 15.3 Å². The van der Waals surface area contributed by atoms with Gasteiger partial charge >= 0.3 is 0 Å². The van der Waals surface area contributed by atoms with E-state index in [1.54, 1.807) is 6.33 Å². The SMILES string of the molecule is CC1(C)CC2(C1)OCCNC2c1cncnc1. The summed E-state index contributed by atoms with van der Waals surface area (Å²) < 4.78 is 6.09. The highest BCUT2D eigenvalue weighted by atomic mass is 16.5. The number of nitrogens with zero attached hydrogens (tertiary/aromatic N) is 2. The van der Waals surface area contributed by atoms with Gasteiger partial charge in [-0.2, -0.15) is 0 Å². The quantitative estimate of drug-likeness (QED) is 0.802. The highest BCUT2D eigenvalue weighted by Gasteiger charge is 2.56. The molecule has 1 aromatic heterocycles. The van der Waals surface area contributed by atoms with E-state index in [1.165, 1.54) is 0 Å². The van der Waals surface area contributed by atoms with Crippen LogP contribution in [0.25, 0.3) is 0 Å². The molecule has 0 bridgehead atoms. The Balaban J connectivity index is 1.87. The molecule has 2 fully saturated rings. The number of rotatable bonds is 1. The standard InChI is InChI=1S/C13H19N3O/c1-12(2)7-13(8-12)11(16-3-4-17-13)10-5-14-9-15-6-10/h5-6,9,11,16H,3-4,7-8H2,1-2H3. The first-order valence-electron chi connectivity index (χ1n) is 6.24. The van der Waals surface area contributed by atoms with Gasteiger partial charge in [-0.15, -0.1) is 0 Å². The Morgan fingerprint density at radius 1 is 1.29 bits per heavy atom. The summed E-state index contributed by atoms with van der Waals surface area (Å²) >= 11 is 0. The van der Waals surface area contributed by atoms with E-state index in [1.807, 2.05) is 12.4 Å². The molecule has 0 amide bonds. The monoisotopic (exact) mass is 233 g/mol. The molecule has 1 atom stereocenters. The molecule has 1 aliphatic carbocycles. The van der Waals surface area contributed by atoms with Crippen molar-refractivity contribution < 1.29 is 4.74 Å². The Kier molecular flexibility index (Phi) is 2.45. The van der Waals surface area contributed by atoms with E-state index in [0.717, 1.165) is 31.6 Å². The Bertz CT molecular complexity index is 396. The summed E-state index contributed by atoms with van der Waals surface area (Å²) in [7, 11) is 0. The second-order valence-corrected chi connectivity index (χ2v) is 5.99. The maximum absolute atomic E-state index is 6.09. The van der Waals surface area contributed by atoms with Gasteiger partial charge in [-0.05, 0) is 18.3 Å². The van der Waals surface area contributed by atoms with E-state index < -0.39 is 0 Å². The van der Waals surface area contributed by atoms with Crippen LogP contribution in [0.1, 0.15) is 38.3 Å². The first kappa shape index (κ1) is 11.1. The minimum atomic E-state index is -0.0353. The first-order valence-corrected chi connectivity index (χ1v) is 6.24. The number of aromatic nitrogens is 2. The maximum Gasteiger partial charge on any atom is 0.115 e. The van der Waals surface area contributed by atoms with Gasteiger partial charge in [0.05, 0.1) is 18.2 Å². The fourth-order valence-electron chi connectivity index (χ4n) is 3.48. The fourth-order valence-corrected chi connectivity index (χ4v) is 3.48. The van der Waals surface area contributed by atoms with Crippen LogP contribution in [-0.2, 0) is 4.74 Å². The average Bonchev–Trinajstić information content (AvgIpc) is 2.28. The van der Waals surface area contributed by atoms with Crippen LogP contribution in [0.5, 0.6) is 0 Å². The molecule has 1 unspecified atom stereocenters. The molecule has 1 saturated carbocycles. The third kappa shape index (κ3) is 1.85. The van der Waals surface area contributed by atoms with Gasteiger partial charge in [0.1, 0.15) is 6.33 Å². The highest BCUT2D eigenvalue weighted by molar-refractivity contribution is 5.21. The number of nitrogens with one attached hydrogen (secondary N) is 1. The van der Waals surface area contributed by atoms with Gasteiger partial charge in [0.25, 0.3) is 0 Å². The highest BCUT2D eigenvalue weighted by Crippen LogP contribution is 2.56. The molecule has 1 saturated heterocycles. The third-order valence-corrected chi connectivity index (χ3v) is 3.84. The second kappa shape index (κ2) is 3.75. The molecule has 0 aromatic carbocycles. The molecule has 4 heteroatoms. The third-order valence-electron chi connectivity index (χ3n) is 3.84. The predicted octanol–water partition coefficient (Wildman–Crippen LogP) is 1.70. The molecule has 2 heterocycles. The molecule has 92 valence electrons. The van der Waals surface area contributed by atoms with Gasteiger partial charge in [0.15, 0.2) is 0 Å². The van der Waals surface area contributed by atoms with E-state index in [-0.39, 0.29) is 11.6 Å². The van der Waals surface area contributed by atoms with E-state index in [2.05, 4.69) is 29.1 Å².